The number of amides is 1. The summed E-state index contributed by atoms with van der Waals surface area (Å²) in [4.78, 5) is 35.4. The SMILES string of the molecule is CCOC(=O)c1c(NC(=O)CSc2nccc(-c3ccc(Br)cc3)n2)sc2c1CC[C@@H](C)C2. The number of nitrogens with one attached hydrogen (secondary N) is 1. The molecule has 2 heterocycles. The van der Waals surface area contributed by atoms with Crippen LogP contribution in [0.25, 0.3) is 11.3 Å². The molecule has 1 aliphatic carbocycles. The minimum atomic E-state index is -0.363. The normalized spacial score (nSPS) is 15.1. The highest BCUT2D eigenvalue weighted by Crippen LogP contribution is 2.40. The van der Waals surface area contributed by atoms with Crippen LogP contribution in [-0.2, 0) is 22.4 Å². The number of fused-ring (bicyclic) bond motifs is 1. The minimum absolute atomic E-state index is 0.144. The first kappa shape index (κ1) is 23.9. The van der Waals surface area contributed by atoms with Gasteiger partial charge in [0, 0.05) is 21.1 Å². The molecule has 1 amide bonds. The molecule has 0 radical (unpaired) electrons. The summed E-state index contributed by atoms with van der Waals surface area (Å²) in [6, 6.07) is 9.71. The van der Waals surface area contributed by atoms with E-state index in [1.165, 1.54) is 28.0 Å². The first-order valence-corrected chi connectivity index (χ1v) is 13.4. The molecule has 9 heteroatoms. The van der Waals surface area contributed by atoms with Gasteiger partial charge in [-0.25, -0.2) is 14.8 Å². The van der Waals surface area contributed by atoms with E-state index in [2.05, 4.69) is 38.1 Å². The Bertz CT molecular complexity index is 1160. The third-order valence-electron chi connectivity index (χ3n) is 5.35. The number of nitrogens with zero attached hydrogens (tertiary/aromatic N) is 2. The Morgan fingerprint density at radius 1 is 1.27 bits per heavy atom. The molecule has 0 spiro atoms. The molecule has 0 fully saturated rings. The van der Waals surface area contributed by atoms with Crippen molar-refractivity contribution in [3.8, 4) is 11.3 Å². The molecule has 6 nitrogen and oxygen atoms in total. The van der Waals surface area contributed by atoms with Crippen molar-refractivity contribution in [2.45, 2.75) is 38.3 Å². The number of aromatic nitrogens is 2. The highest BCUT2D eigenvalue weighted by molar-refractivity contribution is 9.10. The molecule has 1 aliphatic rings. The summed E-state index contributed by atoms with van der Waals surface area (Å²) >= 11 is 6.19. The number of carbonyl (C=O) groups excluding carboxylic acids is 2. The number of ether oxygens (including phenoxy) is 1. The Kier molecular flexibility index (Phi) is 7.82. The van der Waals surface area contributed by atoms with E-state index in [4.69, 9.17) is 4.74 Å². The maximum absolute atomic E-state index is 12.7. The first-order chi connectivity index (χ1) is 15.9. The van der Waals surface area contributed by atoms with Gasteiger partial charge in [0.05, 0.1) is 23.6 Å². The van der Waals surface area contributed by atoms with Crippen molar-refractivity contribution >= 4 is 55.9 Å². The molecule has 1 atom stereocenters. The monoisotopic (exact) mass is 545 g/mol. The van der Waals surface area contributed by atoms with Gasteiger partial charge < -0.3 is 10.1 Å². The Balaban J connectivity index is 1.46. The first-order valence-electron chi connectivity index (χ1n) is 10.8. The molecule has 1 N–H and O–H groups in total. The van der Waals surface area contributed by atoms with Gasteiger partial charge >= 0.3 is 5.97 Å². The second kappa shape index (κ2) is 10.8. The van der Waals surface area contributed by atoms with Crippen molar-refractivity contribution in [2.75, 3.05) is 17.7 Å². The molecule has 0 bridgehead atoms. The van der Waals surface area contributed by atoms with E-state index in [9.17, 15) is 9.59 Å². The number of hydrogen-bond donors (Lipinski definition) is 1. The van der Waals surface area contributed by atoms with Gasteiger partial charge in [0.1, 0.15) is 5.00 Å². The summed E-state index contributed by atoms with van der Waals surface area (Å²) in [6.07, 6.45) is 4.49. The predicted molar refractivity (Wildman–Crippen MR) is 136 cm³/mol. The van der Waals surface area contributed by atoms with Crippen LogP contribution in [0.4, 0.5) is 5.00 Å². The molecule has 0 aliphatic heterocycles. The number of esters is 1. The number of anilines is 1. The van der Waals surface area contributed by atoms with Crippen molar-refractivity contribution in [1.29, 1.82) is 0 Å². The van der Waals surface area contributed by atoms with Crippen LogP contribution in [0.1, 0.15) is 41.1 Å². The summed E-state index contributed by atoms with van der Waals surface area (Å²) in [5.74, 6) is 0.152. The predicted octanol–water partition coefficient (Wildman–Crippen LogP) is 6.00. The van der Waals surface area contributed by atoms with Crippen LogP contribution in [0.5, 0.6) is 0 Å². The summed E-state index contributed by atoms with van der Waals surface area (Å²) in [6.45, 7) is 4.30. The van der Waals surface area contributed by atoms with Gasteiger partial charge in [-0.1, -0.05) is 46.7 Å². The lowest BCUT2D eigenvalue weighted by Gasteiger charge is -2.18. The van der Waals surface area contributed by atoms with Crippen LogP contribution in [0.3, 0.4) is 0 Å². The van der Waals surface area contributed by atoms with Crippen molar-refractivity contribution in [1.82, 2.24) is 9.97 Å². The number of rotatable bonds is 7. The second-order valence-corrected chi connectivity index (χ2v) is 10.8. The van der Waals surface area contributed by atoms with Crippen LogP contribution >= 0.6 is 39.0 Å². The van der Waals surface area contributed by atoms with E-state index in [1.54, 1.807) is 13.1 Å². The molecule has 4 rings (SSSR count). The number of thioether (sulfide) groups is 1. The molecule has 2 aromatic heterocycles. The fraction of sp³-hybridized carbons (Fsp3) is 0.333. The van der Waals surface area contributed by atoms with Crippen LogP contribution in [0, 0.1) is 5.92 Å². The smallest absolute Gasteiger partial charge is 0.341 e. The highest BCUT2D eigenvalue weighted by atomic mass is 79.9. The number of halogens is 1. The van der Waals surface area contributed by atoms with E-state index in [1.807, 2.05) is 30.3 Å². The maximum Gasteiger partial charge on any atom is 0.341 e. The molecular weight excluding hydrogens is 522 g/mol. The third-order valence-corrected chi connectivity index (χ3v) is 7.91. The van der Waals surface area contributed by atoms with Crippen molar-refractivity contribution in [3.05, 3.63) is 57.0 Å². The van der Waals surface area contributed by atoms with Gasteiger partial charge in [-0.2, -0.15) is 0 Å². The molecule has 0 saturated heterocycles. The fourth-order valence-electron chi connectivity index (χ4n) is 3.74. The van der Waals surface area contributed by atoms with E-state index in [0.717, 1.165) is 40.6 Å². The van der Waals surface area contributed by atoms with Crippen LogP contribution in [-0.4, -0.2) is 34.2 Å². The fourth-order valence-corrected chi connectivity index (χ4v) is 6.05. The zero-order chi connectivity index (χ0) is 23.4. The van der Waals surface area contributed by atoms with E-state index >= 15 is 0 Å². The Hall–Kier alpha value is -2.23. The topological polar surface area (TPSA) is 81.2 Å². The van der Waals surface area contributed by atoms with Crippen LogP contribution in [0.2, 0.25) is 0 Å². The zero-order valence-electron chi connectivity index (χ0n) is 18.4. The number of carbonyl (C=O) groups is 2. The number of benzene rings is 1. The lowest BCUT2D eigenvalue weighted by Crippen LogP contribution is -2.17. The quantitative estimate of drug-likeness (QED) is 0.223. The van der Waals surface area contributed by atoms with Crippen molar-refractivity contribution in [3.63, 3.8) is 0 Å². The minimum Gasteiger partial charge on any atom is -0.462 e. The molecule has 1 aromatic carbocycles. The lowest BCUT2D eigenvalue weighted by atomic mass is 9.88. The summed E-state index contributed by atoms with van der Waals surface area (Å²) < 4.78 is 6.28. The van der Waals surface area contributed by atoms with Crippen LogP contribution in [0.15, 0.2) is 46.2 Å². The molecule has 0 saturated carbocycles. The number of hydrogen-bond acceptors (Lipinski definition) is 7. The molecule has 33 heavy (non-hydrogen) atoms. The highest BCUT2D eigenvalue weighted by Gasteiger charge is 2.29. The van der Waals surface area contributed by atoms with E-state index in [0.29, 0.717) is 28.2 Å². The van der Waals surface area contributed by atoms with Crippen molar-refractivity contribution < 1.29 is 14.3 Å². The van der Waals surface area contributed by atoms with E-state index < -0.39 is 0 Å². The average molecular weight is 547 g/mol. The van der Waals surface area contributed by atoms with Crippen molar-refractivity contribution in [2.24, 2.45) is 5.92 Å². The summed E-state index contributed by atoms with van der Waals surface area (Å²) in [5.41, 5.74) is 3.33. The Morgan fingerprint density at radius 3 is 2.82 bits per heavy atom. The average Bonchev–Trinajstić information content (AvgIpc) is 3.15. The second-order valence-electron chi connectivity index (χ2n) is 7.84. The maximum atomic E-state index is 12.7. The summed E-state index contributed by atoms with van der Waals surface area (Å²) in [5, 5.41) is 4.05. The van der Waals surface area contributed by atoms with Gasteiger partial charge in [0.25, 0.3) is 0 Å². The Morgan fingerprint density at radius 2 is 2.06 bits per heavy atom. The van der Waals surface area contributed by atoms with Gasteiger partial charge in [-0.05, 0) is 55.9 Å². The van der Waals surface area contributed by atoms with Gasteiger partial charge in [0.2, 0.25) is 5.91 Å². The van der Waals surface area contributed by atoms with E-state index in [-0.39, 0.29) is 17.6 Å². The zero-order valence-corrected chi connectivity index (χ0v) is 21.6. The standard InChI is InChI=1S/C24H24BrN3O3S2/c1-3-31-23(30)21-17-9-4-14(2)12-19(17)33-22(21)28-20(29)13-32-24-26-11-10-18(27-24)15-5-7-16(25)8-6-15/h5-8,10-11,14H,3-4,9,12-13H2,1-2H3,(H,28,29)/t14-/m1/s1. The number of thiophene rings is 1. The largest absolute Gasteiger partial charge is 0.462 e. The lowest BCUT2D eigenvalue weighted by molar-refractivity contribution is -0.113. The molecular formula is C24H24BrN3O3S2. The van der Waals surface area contributed by atoms with Gasteiger partial charge in [-0.15, -0.1) is 11.3 Å². The molecule has 3 aromatic rings. The summed E-state index contributed by atoms with van der Waals surface area (Å²) in [7, 11) is 0. The molecule has 172 valence electrons. The molecule has 0 unspecified atom stereocenters. The third kappa shape index (κ3) is 5.83. The van der Waals surface area contributed by atoms with Gasteiger partial charge in [0.15, 0.2) is 5.16 Å². The van der Waals surface area contributed by atoms with Crippen LogP contribution < -0.4 is 5.32 Å². The van der Waals surface area contributed by atoms with Gasteiger partial charge in [-0.3, -0.25) is 4.79 Å². The Labute approximate surface area is 209 Å².